The minimum atomic E-state index is -0.0763. The van der Waals surface area contributed by atoms with E-state index in [1.807, 2.05) is 21.6 Å². The maximum Gasteiger partial charge on any atom is 0.235 e. The fourth-order valence-electron chi connectivity index (χ4n) is 1.21. The van der Waals surface area contributed by atoms with Crippen LogP contribution in [-0.4, -0.2) is 23.1 Å². The van der Waals surface area contributed by atoms with Crippen molar-refractivity contribution < 1.29 is 4.79 Å². The lowest BCUT2D eigenvalue weighted by atomic mass is 9.98. The maximum atomic E-state index is 10.2. The van der Waals surface area contributed by atoms with Crippen molar-refractivity contribution in [2.24, 2.45) is 4.99 Å². The van der Waals surface area contributed by atoms with Gasteiger partial charge in [-0.3, -0.25) is 0 Å². The number of hydrogen-bond acceptors (Lipinski definition) is 4. The van der Waals surface area contributed by atoms with Crippen molar-refractivity contribution in [3.05, 3.63) is 0 Å². The van der Waals surface area contributed by atoms with Crippen LogP contribution >= 0.6 is 21.6 Å². The summed E-state index contributed by atoms with van der Waals surface area (Å²) in [5.74, 6) is 1.96. The van der Waals surface area contributed by atoms with Gasteiger partial charge in [0.2, 0.25) is 6.08 Å². The van der Waals surface area contributed by atoms with E-state index in [-0.39, 0.29) is 5.54 Å². The van der Waals surface area contributed by atoms with Gasteiger partial charge >= 0.3 is 0 Å². The summed E-state index contributed by atoms with van der Waals surface area (Å²) in [5.41, 5.74) is -0.0763. The average Bonchev–Trinajstić information content (AvgIpc) is 2.51. The number of rotatable bonds is 4. The molecule has 68 valence electrons. The largest absolute Gasteiger partial charge is 0.235 e. The summed E-state index contributed by atoms with van der Waals surface area (Å²) in [5, 5.41) is 0. The van der Waals surface area contributed by atoms with E-state index < -0.39 is 0 Å². The van der Waals surface area contributed by atoms with Gasteiger partial charge in [-0.15, -0.1) is 0 Å². The van der Waals surface area contributed by atoms with Gasteiger partial charge in [0.1, 0.15) is 0 Å². The van der Waals surface area contributed by atoms with Gasteiger partial charge in [-0.1, -0.05) is 41.4 Å². The molecule has 0 aromatic heterocycles. The molecule has 0 amide bonds. The Morgan fingerprint density at radius 2 is 2.17 bits per heavy atom. The molecule has 1 aliphatic rings. The highest BCUT2D eigenvalue weighted by molar-refractivity contribution is 8.77. The predicted octanol–water partition coefficient (Wildman–Crippen LogP) is 2.65. The monoisotopic (exact) mass is 203 g/mol. The first-order chi connectivity index (χ1) is 5.83. The number of nitrogens with zero attached hydrogens (tertiary/aromatic N) is 1. The molecule has 0 unspecified atom stereocenters. The van der Waals surface area contributed by atoms with Crippen LogP contribution in [0.3, 0.4) is 0 Å². The molecule has 0 aromatic carbocycles. The van der Waals surface area contributed by atoms with Gasteiger partial charge in [0.25, 0.3) is 0 Å². The van der Waals surface area contributed by atoms with Crippen molar-refractivity contribution >= 4 is 27.7 Å². The van der Waals surface area contributed by atoms with Crippen molar-refractivity contribution in [3.8, 4) is 0 Å². The van der Waals surface area contributed by atoms with Crippen LogP contribution in [0.2, 0.25) is 0 Å². The molecule has 0 atom stereocenters. The third-order valence-electron chi connectivity index (χ3n) is 2.02. The maximum absolute atomic E-state index is 10.2. The molecule has 0 bridgehead atoms. The lowest BCUT2D eigenvalue weighted by Gasteiger charge is -2.19. The third kappa shape index (κ3) is 2.54. The lowest BCUT2D eigenvalue weighted by Crippen LogP contribution is -2.28. The van der Waals surface area contributed by atoms with Crippen molar-refractivity contribution in [1.82, 2.24) is 0 Å². The highest BCUT2D eigenvalue weighted by Gasteiger charge is 2.34. The summed E-state index contributed by atoms with van der Waals surface area (Å²) >= 11 is 0. The zero-order valence-corrected chi connectivity index (χ0v) is 8.84. The van der Waals surface area contributed by atoms with Gasteiger partial charge < -0.3 is 0 Å². The van der Waals surface area contributed by atoms with E-state index in [9.17, 15) is 4.79 Å². The Bertz CT molecular complexity index is 183. The Hall–Kier alpha value is 0.0800. The molecule has 1 fully saturated rings. The first kappa shape index (κ1) is 10.2. The van der Waals surface area contributed by atoms with Crippen LogP contribution in [0.4, 0.5) is 0 Å². The number of carbonyl (C=O) groups excluding carboxylic acids is 1. The van der Waals surface area contributed by atoms with Gasteiger partial charge in [-0.2, -0.15) is 4.99 Å². The summed E-state index contributed by atoms with van der Waals surface area (Å²) in [6, 6.07) is 0. The number of aliphatic imine (C=N–C) groups is 1. The van der Waals surface area contributed by atoms with Crippen molar-refractivity contribution in [2.75, 3.05) is 11.5 Å². The quantitative estimate of drug-likeness (QED) is 0.399. The summed E-state index contributed by atoms with van der Waals surface area (Å²) in [4.78, 5) is 14.2. The average molecular weight is 203 g/mol. The standard InChI is InChI=1S/C8H13NOS2/c1-2-3-4-8(9-7-10)5-11-12-6-8/h2-6H2,1H3. The molecule has 1 aliphatic heterocycles. The topological polar surface area (TPSA) is 29.4 Å². The zero-order chi connectivity index (χ0) is 8.86. The lowest BCUT2D eigenvalue weighted by molar-refractivity contribution is 0.470. The Kier molecular flexibility index (Phi) is 4.19. The van der Waals surface area contributed by atoms with Crippen LogP contribution in [0.15, 0.2) is 4.99 Å². The van der Waals surface area contributed by atoms with Crippen LogP contribution in [0.5, 0.6) is 0 Å². The fraction of sp³-hybridized carbons (Fsp3) is 0.875. The normalized spacial score (nSPS) is 20.4. The van der Waals surface area contributed by atoms with E-state index in [2.05, 4.69) is 11.9 Å². The second kappa shape index (κ2) is 4.95. The number of unbranched alkanes of at least 4 members (excludes halogenated alkanes) is 1. The molecule has 0 aromatic rings. The van der Waals surface area contributed by atoms with Crippen LogP contribution in [0.1, 0.15) is 26.2 Å². The molecule has 0 radical (unpaired) electrons. The highest BCUT2D eigenvalue weighted by Crippen LogP contribution is 2.42. The third-order valence-corrected chi connectivity index (χ3v) is 4.70. The Balaban J connectivity index is 2.52. The van der Waals surface area contributed by atoms with E-state index in [1.54, 1.807) is 6.08 Å². The van der Waals surface area contributed by atoms with Gasteiger partial charge in [-0.05, 0) is 6.42 Å². The first-order valence-corrected chi connectivity index (χ1v) is 6.65. The second-order valence-electron chi connectivity index (χ2n) is 3.06. The summed E-state index contributed by atoms with van der Waals surface area (Å²) in [6.45, 7) is 2.16. The molecule has 1 heterocycles. The first-order valence-electron chi connectivity index (χ1n) is 4.16. The van der Waals surface area contributed by atoms with Crippen molar-refractivity contribution in [3.63, 3.8) is 0 Å². The van der Waals surface area contributed by atoms with E-state index in [0.29, 0.717) is 0 Å². The van der Waals surface area contributed by atoms with Crippen LogP contribution in [0, 0.1) is 0 Å². The Morgan fingerprint density at radius 3 is 2.67 bits per heavy atom. The van der Waals surface area contributed by atoms with Crippen molar-refractivity contribution in [2.45, 2.75) is 31.7 Å². The van der Waals surface area contributed by atoms with E-state index >= 15 is 0 Å². The van der Waals surface area contributed by atoms with Crippen molar-refractivity contribution in [1.29, 1.82) is 0 Å². The molecule has 1 rings (SSSR count). The van der Waals surface area contributed by atoms with Gasteiger partial charge in [0.05, 0.1) is 5.54 Å². The number of isocyanates is 1. The van der Waals surface area contributed by atoms with Crippen LogP contribution in [-0.2, 0) is 4.79 Å². The zero-order valence-electron chi connectivity index (χ0n) is 7.21. The molecule has 4 heteroatoms. The van der Waals surface area contributed by atoms with Crippen LogP contribution < -0.4 is 0 Å². The molecular formula is C8H13NOS2. The molecule has 0 spiro atoms. The van der Waals surface area contributed by atoms with Gasteiger partial charge in [0, 0.05) is 11.5 Å². The summed E-state index contributed by atoms with van der Waals surface area (Å²) in [7, 11) is 3.63. The minimum Gasteiger partial charge on any atom is -0.211 e. The molecule has 0 saturated carbocycles. The predicted molar refractivity (Wildman–Crippen MR) is 55.3 cm³/mol. The molecule has 12 heavy (non-hydrogen) atoms. The Labute approximate surface area is 81.0 Å². The smallest absolute Gasteiger partial charge is 0.211 e. The second-order valence-corrected chi connectivity index (χ2v) is 5.52. The van der Waals surface area contributed by atoms with E-state index in [1.165, 1.54) is 6.42 Å². The van der Waals surface area contributed by atoms with Crippen LogP contribution in [0.25, 0.3) is 0 Å². The molecular weight excluding hydrogens is 190 g/mol. The highest BCUT2D eigenvalue weighted by atomic mass is 33.1. The molecule has 1 saturated heterocycles. The summed E-state index contributed by atoms with van der Waals surface area (Å²) in [6.07, 6.45) is 5.08. The minimum absolute atomic E-state index is 0.0763. The van der Waals surface area contributed by atoms with E-state index in [0.717, 1.165) is 24.3 Å². The SMILES string of the molecule is CCCCC1(N=C=O)CSSC1. The fourth-order valence-corrected chi connectivity index (χ4v) is 4.38. The molecule has 2 nitrogen and oxygen atoms in total. The van der Waals surface area contributed by atoms with Gasteiger partial charge in [0.15, 0.2) is 0 Å². The molecule has 0 aliphatic carbocycles. The van der Waals surface area contributed by atoms with Gasteiger partial charge in [-0.25, -0.2) is 4.79 Å². The van der Waals surface area contributed by atoms with E-state index in [4.69, 9.17) is 0 Å². The Morgan fingerprint density at radius 1 is 1.50 bits per heavy atom. The molecule has 0 N–H and O–H groups in total. The number of hydrogen-bond donors (Lipinski definition) is 0. The summed E-state index contributed by atoms with van der Waals surface area (Å²) < 4.78 is 0.